The third-order valence-corrected chi connectivity index (χ3v) is 4.34. The van der Waals surface area contributed by atoms with Crippen molar-refractivity contribution in [2.75, 3.05) is 19.7 Å². The number of pyridine rings is 1. The van der Waals surface area contributed by atoms with Gasteiger partial charge in [-0.3, -0.25) is 9.78 Å². The maximum atomic E-state index is 12.5. The standard InChI is InChI=1S/C19H22N2O3/c1-14-7-8-16(20-11-14)18(22)21-10-9-19(23,12-21)13-24-17-6-4-3-5-15(17)2/h3-8,11,23H,9-10,12-13H2,1-2H3/t19-/m1/s1. The molecular weight excluding hydrogens is 304 g/mol. The van der Waals surface area contributed by atoms with E-state index in [4.69, 9.17) is 4.74 Å². The lowest BCUT2D eigenvalue weighted by Crippen LogP contribution is -2.40. The van der Waals surface area contributed by atoms with E-state index in [1.807, 2.05) is 44.2 Å². The molecule has 2 aromatic rings. The van der Waals surface area contributed by atoms with Gasteiger partial charge in [0.1, 0.15) is 23.7 Å². The first kappa shape index (κ1) is 16.5. The quantitative estimate of drug-likeness (QED) is 0.937. The molecule has 1 aliphatic heterocycles. The summed E-state index contributed by atoms with van der Waals surface area (Å²) in [7, 11) is 0. The van der Waals surface area contributed by atoms with Crippen molar-refractivity contribution < 1.29 is 14.6 Å². The fraction of sp³-hybridized carbons (Fsp3) is 0.368. The van der Waals surface area contributed by atoms with Crippen LogP contribution in [0, 0.1) is 13.8 Å². The molecule has 0 unspecified atom stereocenters. The number of aryl methyl sites for hydroxylation is 2. The van der Waals surface area contributed by atoms with E-state index in [1.165, 1.54) is 0 Å². The van der Waals surface area contributed by atoms with E-state index in [1.54, 1.807) is 17.2 Å². The van der Waals surface area contributed by atoms with Gasteiger partial charge in [-0.2, -0.15) is 0 Å². The Balaban J connectivity index is 1.62. The van der Waals surface area contributed by atoms with Crippen molar-refractivity contribution in [3.63, 3.8) is 0 Å². The molecule has 1 N–H and O–H groups in total. The molecule has 0 saturated carbocycles. The number of aromatic nitrogens is 1. The summed E-state index contributed by atoms with van der Waals surface area (Å²) in [5.74, 6) is 0.609. The molecule has 1 aromatic heterocycles. The van der Waals surface area contributed by atoms with Gasteiger partial charge in [-0.1, -0.05) is 24.3 Å². The number of likely N-dealkylation sites (tertiary alicyclic amines) is 1. The average Bonchev–Trinajstić information content (AvgIpc) is 2.97. The number of β-amino-alcohol motifs (C(OH)–C–C–N with tert-alkyl or cyclic N) is 1. The molecule has 1 amide bonds. The molecule has 126 valence electrons. The number of carbonyl (C=O) groups excluding carboxylic acids is 1. The molecule has 1 aliphatic rings. The lowest BCUT2D eigenvalue weighted by atomic mass is 10.1. The minimum atomic E-state index is -1.03. The van der Waals surface area contributed by atoms with Gasteiger partial charge in [0.2, 0.25) is 0 Å². The van der Waals surface area contributed by atoms with Crippen molar-refractivity contribution in [3.05, 3.63) is 59.4 Å². The number of hydrogen-bond donors (Lipinski definition) is 1. The second-order valence-corrected chi connectivity index (χ2v) is 6.48. The Bertz CT molecular complexity index is 730. The van der Waals surface area contributed by atoms with Crippen molar-refractivity contribution in [1.29, 1.82) is 0 Å². The largest absolute Gasteiger partial charge is 0.490 e. The third kappa shape index (κ3) is 3.57. The summed E-state index contributed by atoms with van der Waals surface area (Å²) in [5, 5.41) is 10.7. The number of benzene rings is 1. The zero-order valence-electron chi connectivity index (χ0n) is 14.0. The highest BCUT2D eigenvalue weighted by molar-refractivity contribution is 5.92. The molecule has 0 radical (unpaired) electrons. The highest BCUT2D eigenvalue weighted by atomic mass is 16.5. The molecule has 5 heteroatoms. The molecule has 0 aliphatic carbocycles. The van der Waals surface area contributed by atoms with Crippen LogP contribution in [0.15, 0.2) is 42.6 Å². The fourth-order valence-corrected chi connectivity index (χ4v) is 2.83. The summed E-state index contributed by atoms with van der Waals surface area (Å²) in [5.41, 5.74) is 1.42. The minimum Gasteiger partial charge on any atom is -0.490 e. The minimum absolute atomic E-state index is 0.151. The van der Waals surface area contributed by atoms with E-state index in [0.717, 1.165) is 16.9 Å². The SMILES string of the molecule is Cc1ccc(C(=O)N2CC[C@](O)(COc3ccccc3C)C2)nc1. The van der Waals surface area contributed by atoms with E-state index < -0.39 is 5.60 Å². The summed E-state index contributed by atoms with van der Waals surface area (Å²) in [4.78, 5) is 18.3. The third-order valence-electron chi connectivity index (χ3n) is 4.34. The fourth-order valence-electron chi connectivity index (χ4n) is 2.83. The molecule has 2 heterocycles. The number of nitrogens with zero attached hydrogens (tertiary/aromatic N) is 2. The van der Waals surface area contributed by atoms with E-state index in [9.17, 15) is 9.90 Å². The van der Waals surface area contributed by atoms with Crippen LogP contribution < -0.4 is 4.74 Å². The van der Waals surface area contributed by atoms with Crippen LogP contribution in [0.1, 0.15) is 28.0 Å². The Labute approximate surface area is 141 Å². The number of carbonyl (C=O) groups is 1. The Morgan fingerprint density at radius 2 is 2.08 bits per heavy atom. The van der Waals surface area contributed by atoms with Crippen LogP contribution in [0.25, 0.3) is 0 Å². The number of amides is 1. The molecule has 0 bridgehead atoms. The summed E-state index contributed by atoms with van der Waals surface area (Å²) in [6, 6.07) is 11.3. The number of rotatable bonds is 4. The molecule has 24 heavy (non-hydrogen) atoms. The molecule has 1 saturated heterocycles. The van der Waals surface area contributed by atoms with Crippen molar-refractivity contribution in [2.24, 2.45) is 0 Å². The van der Waals surface area contributed by atoms with Gasteiger partial charge in [0, 0.05) is 12.7 Å². The van der Waals surface area contributed by atoms with Crippen molar-refractivity contribution >= 4 is 5.91 Å². The zero-order chi connectivity index (χ0) is 17.2. The Hall–Kier alpha value is -2.40. The number of ether oxygens (including phenoxy) is 1. The van der Waals surface area contributed by atoms with Crippen LogP contribution in [0.5, 0.6) is 5.75 Å². The highest BCUT2D eigenvalue weighted by Crippen LogP contribution is 2.25. The molecule has 1 aromatic carbocycles. The normalized spacial score (nSPS) is 20.2. The first-order valence-electron chi connectivity index (χ1n) is 8.10. The van der Waals surface area contributed by atoms with Crippen molar-refractivity contribution in [1.82, 2.24) is 9.88 Å². The molecular formula is C19H22N2O3. The van der Waals surface area contributed by atoms with Gasteiger partial charge in [-0.15, -0.1) is 0 Å². The maximum Gasteiger partial charge on any atom is 0.272 e. The van der Waals surface area contributed by atoms with Crippen molar-refractivity contribution in [2.45, 2.75) is 25.9 Å². The summed E-state index contributed by atoms with van der Waals surface area (Å²) >= 11 is 0. The first-order chi connectivity index (χ1) is 11.5. The van der Waals surface area contributed by atoms with E-state index in [0.29, 0.717) is 18.7 Å². The smallest absolute Gasteiger partial charge is 0.272 e. The van der Waals surface area contributed by atoms with E-state index >= 15 is 0 Å². The Morgan fingerprint density at radius 3 is 2.79 bits per heavy atom. The van der Waals surface area contributed by atoms with Gasteiger partial charge < -0.3 is 14.7 Å². The van der Waals surface area contributed by atoms with E-state index in [2.05, 4.69) is 4.98 Å². The van der Waals surface area contributed by atoms with Crippen LogP contribution in [0.3, 0.4) is 0 Å². The van der Waals surface area contributed by atoms with Gasteiger partial charge >= 0.3 is 0 Å². The number of aliphatic hydroxyl groups is 1. The highest BCUT2D eigenvalue weighted by Gasteiger charge is 2.39. The summed E-state index contributed by atoms with van der Waals surface area (Å²) in [6.07, 6.45) is 2.17. The second-order valence-electron chi connectivity index (χ2n) is 6.48. The van der Waals surface area contributed by atoms with Crippen LogP contribution in [0.4, 0.5) is 0 Å². The Kier molecular flexibility index (Phi) is 4.53. The predicted octanol–water partition coefficient (Wildman–Crippen LogP) is 2.35. The second kappa shape index (κ2) is 6.61. The van der Waals surface area contributed by atoms with Crippen LogP contribution in [-0.2, 0) is 0 Å². The number of para-hydroxylation sites is 1. The van der Waals surface area contributed by atoms with Gasteiger partial charge in [-0.05, 0) is 43.5 Å². The molecule has 1 atom stereocenters. The van der Waals surface area contributed by atoms with Crippen LogP contribution in [0.2, 0.25) is 0 Å². The average molecular weight is 326 g/mol. The molecule has 1 fully saturated rings. The molecule has 3 rings (SSSR count). The topological polar surface area (TPSA) is 62.7 Å². The van der Waals surface area contributed by atoms with E-state index in [-0.39, 0.29) is 19.1 Å². The van der Waals surface area contributed by atoms with Crippen LogP contribution >= 0.6 is 0 Å². The van der Waals surface area contributed by atoms with Crippen molar-refractivity contribution in [3.8, 4) is 5.75 Å². The maximum absolute atomic E-state index is 12.5. The lowest BCUT2D eigenvalue weighted by molar-refractivity contribution is 0.00407. The van der Waals surface area contributed by atoms with Crippen LogP contribution in [-0.4, -0.2) is 46.2 Å². The zero-order valence-corrected chi connectivity index (χ0v) is 14.0. The van der Waals surface area contributed by atoms with Gasteiger partial charge in [0.15, 0.2) is 0 Å². The first-order valence-corrected chi connectivity index (χ1v) is 8.10. The predicted molar refractivity (Wildman–Crippen MR) is 91.1 cm³/mol. The molecule has 5 nitrogen and oxygen atoms in total. The van der Waals surface area contributed by atoms with Gasteiger partial charge in [-0.25, -0.2) is 0 Å². The number of hydrogen-bond acceptors (Lipinski definition) is 4. The lowest BCUT2D eigenvalue weighted by Gasteiger charge is -2.24. The monoisotopic (exact) mass is 326 g/mol. The summed E-state index contributed by atoms with van der Waals surface area (Å²) < 4.78 is 5.77. The Morgan fingerprint density at radius 1 is 1.29 bits per heavy atom. The van der Waals surface area contributed by atoms with Gasteiger partial charge in [0.25, 0.3) is 5.91 Å². The molecule has 0 spiro atoms. The van der Waals surface area contributed by atoms with Gasteiger partial charge in [0.05, 0.1) is 6.54 Å². The summed E-state index contributed by atoms with van der Waals surface area (Å²) in [6.45, 7) is 4.82.